The van der Waals surface area contributed by atoms with Crippen LogP contribution in [0.4, 0.5) is 5.82 Å². The van der Waals surface area contributed by atoms with Crippen LogP contribution in [-0.2, 0) is 13.1 Å². The van der Waals surface area contributed by atoms with Gasteiger partial charge in [-0.2, -0.15) is 0 Å². The van der Waals surface area contributed by atoms with E-state index >= 15 is 0 Å². The first-order chi connectivity index (χ1) is 13.8. The normalized spacial score (nSPS) is 12.7. The number of rotatable bonds is 6. The Bertz CT molecular complexity index is 1130. The molecule has 0 spiro atoms. The minimum atomic E-state index is 0.263. The van der Waals surface area contributed by atoms with Crippen molar-refractivity contribution >= 4 is 28.7 Å². The molecule has 0 amide bonds. The van der Waals surface area contributed by atoms with Gasteiger partial charge in [0.2, 0.25) is 24.1 Å². The van der Waals surface area contributed by atoms with Gasteiger partial charge in [-0.3, -0.25) is 0 Å². The minimum Gasteiger partial charge on any atom is -0.454 e. The van der Waals surface area contributed by atoms with Crippen molar-refractivity contribution in [2.45, 2.75) is 29.6 Å². The molecular weight excluding hydrogens is 376 g/mol. The van der Waals surface area contributed by atoms with E-state index in [0.717, 1.165) is 52.2 Å². The van der Waals surface area contributed by atoms with Gasteiger partial charge in [0.25, 0.3) is 5.65 Å². The van der Waals surface area contributed by atoms with Crippen LogP contribution in [0, 0.1) is 0 Å². The second-order valence-corrected chi connectivity index (χ2v) is 7.52. The lowest BCUT2D eigenvalue weighted by atomic mass is 10.3. The number of aromatic amines is 1. The Morgan fingerprint density at radius 2 is 2.07 bits per heavy atom. The molecule has 1 aliphatic rings. The summed E-state index contributed by atoms with van der Waals surface area (Å²) >= 11 is 1.52. The molecule has 1 aliphatic heterocycles. The Morgan fingerprint density at radius 3 is 2.96 bits per heavy atom. The second-order valence-electron chi connectivity index (χ2n) is 6.46. The van der Waals surface area contributed by atoms with Gasteiger partial charge in [0, 0.05) is 23.8 Å². The van der Waals surface area contributed by atoms with Gasteiger partial charge in [-0.05, 0) is 48.5 Å². The van der Waals surface area contributed by atoms with Gasteiger partial charge in [-0.15, -0.1) is 0 Å². The lowest BCUT2D eigenvalue weighted by Gasteiger charge is -2.03. The van der Waals surface area contributed by atoms with E-state index in [1.54, 1.807) is 6.33 Å². The molecular formula is C19H19N6O2S+. The van der Waals surface area contributed by atoms with Gasteiger partial charge in [0.05, 0.1) is 6.54 Å². The van der Waals surface area contributed by atoms with Crippen LogP contribution in [0.2, 0.25) is 0 Å². The third kappa shape index (κ3) is 3.24. The number of aromatic nitrogens is 5. The summed E-state index contributed by atoms with van der Waals surface area (Å²) in [5, 5.41) is 0.757. The highest BCUT2D eigenvalue weighted by Crippen LogP contribution is 2.37. The molecule has 0 aliphatic carbocycles. The van der Waals surface area contributed by atoms with Crippen molar-refractivity contribution in [2.24, 2.45) is 0 Å². The lowest BCUT2D eigenvalue weighted by molar-refractivity contribution is -0.676. The van der Waals surface area contributed by atoms with E-state index in [0.29, 0.717) is 5.82 Å². The summed E-state index contributed by atoms with van der Waals surface area (Å²) in [6.45, 7) is 2.01. The molecule has 142 valence electrons. The maximum Gasteiger partial charge on any atom is 0.294 e. The molecule has 28 heavy (non-hydrogen) atoms. The molecule has 0 bridgehead atoms. The summed E-state index contributed by atoms with van der Waals surface area (Å²) in [6, 6.07) is 9.91. The highest BCUT2D eigenvalue weighted by molar-refractivity contribution is 7.99. The summed E-state index contributed by atoms with van der Waals surface area (Å²) in [6.07, 6.45) is 6.85. The Kier molecular flexibility index (Phi) is 4.28. The van der Waals surface area contributed by atoms with Crippen LogP contribution in [0.1, 0.15) is 6.42 Å². The van der Waals surface area contributed by atoms with Crippen LogP contribution in [0.15, 0.2) is 59.1 Å². The predicted molar refractivity (Wildman–Crippen MR) is 104 cm³/mol. The van der Waals surface area contributed by atoms with Crippen molar-refractivity contribution in [2.75, 3.05) is 12.5 Å². The van der Waals surface area contributed by atoms with Crippen LogP contribution in [0.3, 0.4) is 0 Å². The SMILES string of the molecule is Nc1nc[n+](CCCn2cccc2)c2nc(Sc3ccc4c(c3)OCO4)[nH]c12. The average molecular weight is 395 g/mol. The number of nitrogens with zero attached hydrogens (tertiary/aromatic N) is 4. The lowest BCUT2D eigenvalue weighted by Crippen LogP contribution is -2.36. The monoisotopic (exact) mass is 395 g/mol. The molecule has 8 nitrogen and oxygen atoms in total. The summed E-state index contributed by atoms with van der Waals surface area (Å²) in [7, 11) is 0. The topological polar surface area (TPSA) is 94.9 Å². The fourth-order valence-corrected chi connectivity index (χ4v) is 4.00. The number of nitrogen functional groups attached to an aromatic ring is 1. The van der Waals surface area contributed by atoms with Crippen molar-refractivity contribution in [3.63, 3.8) is 0 Å². The molecule has 5 rings (SSSR count). The number of nitrogens with one attached hydrogen (secondary N) is 1. The molecule has 3 aromatic heterocycles. The zero-order valence-corrected chi connectivity index (χ0v) is 15.9. The van der Waals surface area contributed by atoms with Crippen LogP contribution in [0.5, 0.6) is 11.5 Å². The molecule has 0 radical (unpaired) electrons. The number of anilines is 1. The Morgan fingerprint density at radius 1 is 1.21 bits per heavy atom. The molecule has 9 heteroatoms. The Balaban J connectivity index is 1.37. The molecule has 4 aromatic rings. The van der Waals surface area contributed by atoms with E-state index in [1.165, 1.54) is 11.8 Å². The van der Waals surface area contributed by atoms with E-state index in [-0.39, 0.29) is 6.79 Å². The van der Waals surface area contributed by atoms with E-state index in [1.807, 2.05) is 34.9 Å². The number of H-pyrrole nitrogens is 1. The highest BCUT2D eigenvalue weighted by atomic mass is 32.2. The molecule has 1 aromatic carbocycles. The molecule has 3 N–H and O–H groups in total. The maximum absolute atomic E-state index is 6.07. The molecule has 0 saturated carbocycles. The van der Waals surface area contributed by atoms with Gasteiger partial charge in [0.15, 0.2) is 17.0 Å². The summed E-state index contributed by atoms with van der Waals surface area (Å²) < 4.78 is 15.0. The van der Waals surface area contributed by atoms with Gasteiger partial charge >= 0.3 is 0 Å². The number of hydrogen-bond donors (Lipinski definition) is 2. The van der Waals surface area contributed by atoms with Crippen LogP contribution >= 0.6 is 11.8 Å². The van der Waals surface area contributed by atoms with E-state index in [2.05, 4.69) is 26.9 Å². The van der Waals surface area contributed by atoms with E-state index in [9.17, 15) is 0 Å². The zero-order valence-electron chi connectivity index (χ0n) is 15.0. The van der Waals surface area contributed by atoms with Crippen LogP contribution in [-0.4, -0.2) is 26.3 Å². The standard InChI is InChI=1S/C19H18N6O2S/c20-17-16-18(25(11-21-17)9-3-8-24-6-1-2-7-24)23-19(22-16)28-13-4-5-14-15(10-13)27-12-26-14/h1-2,4-7,10-11H,3,8-9,12H2,(H2,20,22,23)/p+1. The maximum atomic E-state index is 6.07. The fourth-order valence-electron chi connectivity index (χ4n) is 3.19. The van der Waals surface area contributed by atoms with Crippen LogP contribution in [0.25, 0.3) is 11.2 Å². The summed E-state index contributed by atoms with van der Waals surface area (Å²) in [5.41, 5.74) is 7.63. The number of imidazole rings is 1. The highest BCUT2D eigenvalue weighted by Gasteiger charge is 2.20. The smallest absolute Gasteiger partial charge is 0.294 e. The van der Waals surface area contributed by atoms with Crippen molar-refractivity contribution in [3.05, 3.63) is 49.1 Å². The number of ether oxygens (including phenoxy) is 2. The van der Waals surface area contributed by atoms with Gasteiger partial charge in [-0.25, -0.2) is 4.57 Å². The van der Waals surface area contributed by atoms with Crippen molar-refractivity contribution < 1.29 is 14.0 Å². The number of benzene rings is 1. The molecule has 0 fully saturated rings. The first-order valence-electron chi connectivity index (χ1n) is 8.98. The number of fused-ring (bicyclic) bond motifs is 2. The van der Waals surface area contributed by atoms with Gasteiger partial charge in [-0.1, -0.05) is 9.97 Å². The number of aryl methyl sites for hydroxylation is 2. The van der Waals surface area contributed by atoms with Gasteiger partial charge in [0.1, 0.15) is 0 Å². The number of hydrogen-bond acceptors (Lipinski definition) is 6. The molecule has 4 heterocycles. The van der Waals surface area contributed by atoms with Crippen molar-refractivity contribution in [3.8, 4) is 11.5 Å². The first-order valence-corrected chi connectivity index (χ1v) is 9.80. The van der Waals surface area contributed by atoms with Gasteiger partial charge < -0.3 is 24.8 Å². The van der Waals surface area contributed by atoms with Crippen LogP contribution < -0.4 is 19.8 Å². The summed E-state index contributed by atoms with van der Waals surface area (Å²) in [5.74, 6) is 1.96. The number of nitrogens with two attached hydrogens (primary N) is 1. The largest absolute Gasteiger partial charge is 0.454 e. The minimum absolute atomic E-state index is 0.263. The van der Waals surface area contributed by atoms with E-state index in [4.69, 9.17) is 20.2 Å². The fraction of sp³-hybridized carbons (Fsp3) is 0.211. The molecule has 0 atom stereocenters. The molecule has 0 saturated heterocycles. The van der Waals surface area contributed by atoms with E-state index < -0.39 is 0 Å². The van der Waals surface area contributed by atoms with Crippen molar-refractivity contribution in [1.29, 1.82) is 0 Å². The van der Waals surface area contributed by atoms with Crippen molar-refractivity contribution in [1.82, 2.24) is 19.5 Å². The Labute approximate surface area is 165 Å². The Hall–Kier alpha value is -3.20. The average Bonchev–Trinajstić information content (AvgIpc) is 3.44. The zero-order chi connectivity index (χ0) is 18.9. The first kappa shape index (κ1) is 16.9. The second kappa shape index (κ2) is 7.08. The quantitative estimate of drug-likeness (QED) is 0.487. The summed E-state index contributed by atoms with van der Waals surface area (Å²) in [4.78, 5) is 13.4. The molecule has 0 unspecified atom stereocenters. The third-order valence-corrected chi connectivity index (χ3v) is 5.44. The predicted octanol–water partition coefficient (Wildman–Crippen LogP) is 2.60. The third-order valence-electron chi connectivity index (χ3n) is 4.57.